The number of carbonyl (C=O) groups is 1. The number of guanidine groups is 1. The number of carbonyl (C=O) groups excluding carboxylic acids is 1. The summed E-state index contributed by atoms with van der Waals surface area (Å²) in [7, 11) is 3.45. The maximum Gasteiger partial charge on any atom is 0.227 e. The summed E-state index contributed by atoms with van der Waals surface area (Å²) in [6.07, 6.45) is 1.69. The van der Waals surface area contributed by atoms with E-state index in [1.165, 1.54) is 5.56 Å². The minimum absolute atomic E-state index is 0. The van der Waals surface area contributed by atoms with E-state index in [0.29, 0.717) is 6.54 Å². The molecular weight excluding hydrogens is 503 g/mol. The highest BCUT2D eigenvalue weighted by Crippen LogP contribution is 2.19. The normalized spacial score (nSPS) is 11.8. The van der Waals surface area contributed by atoms with Gasteiger partial charge in [-0.05, 0) is 54.7 Å². The molecule has 0 aliphatic carbocycles. The third-order valence-electron chi connectivity index (χ3n) is 5.12. The van der Waals surface area contributed by atoms with E-state index in [1.807, 2.05) is 45.0 Å². The van der Waals surface area contributed by atoms with Crippen molar-refractivity contribution in [3.63, 3.8) is 0 Å². The van der Waals surface area contributed by atoms with Crippen molar-refractivity contribution in [2.45, 2.75) is 40.2 Å². The van der Waals surface area contributed by atoms with Crippen LogP contribution in [0.5, 0.6) is 5.75 Å². The van der Waals surface area contributed by atoms with E-state index >= 15 is 0 Å². The molecule has 0 saturated heterocycles. The summed E-state index contributed by atoms with van der Waals surface area (Å²) in [5.41, 5.74) is 4.23. The van der Waals surface area contributed by atoms with Crippen molar-refractivity contribution < 1.29 is 9.53 Å². The molecule has 1 atom stereocenters. The zero-order chi connectivity index (χ0) is 21.9. The fraction of sp³-hybridized carbons (Fsp3) is 0.417. The Balaban J connectivity index is 0.00000480. The van der Waals surface area contributed by atoms with Crippen LogP contribution in [0.4, 0.5) is 5.69 Å². The lowest BCUT2D eigenvalue weighted by Crippen LogP contribution is -2.37. The Morgan fingerprint density at radius 1 is 1.13 bits per heavy atom. The van der Waals surface area contributed by atoms with Crippen LogP contribution < -0.4 is 20.7 Å². The lowest BCUT2D eigenvalue weighted by atomic mass is 10.1. The highest BCUT2D eigenvalue weighted by atomic mass is 127. The average Bonchev–Trinajstić information content (AvgIpc) is 2.76. The largest absolute Gasteiger partial charge is 0.496 e. The van der Waals surface area contributed by atoms with Crippen LogP contribution in [0.25, 0.3) is 0 Å². The summed E-state index contributed by atoms with van der Waals surface area (Å²) >= 11 is 0. The van der Waals surface area contributed by atoms with Crippen LogP contribution in [0.2, 0.25) is 0 Å². The highest BCUT2D eigenvalue weighted by Gasteiger charge is 2.10. The molecule has 6 nitrogen and oxygen atoms in total. The molecule has 0 spiro atoms. The molecule has 0 fully saturated rings. The number of rotatable bonds is 9. The first kappa shape index (κ1) is 26.7. The summed E-state index contributed by atoms with van der Waals surface area (Å²) in [5, 5.41) is 9.64. The Labute approximate surface area is 203 Å². The third-order valence-corrected chi connectivity index (χ3v) is 5.12. The number of methoxy groups -OCH3 is 1. The Hall–Kier alpha value is -2.29. The van der Waals surface area contributed by atoms with Gasteiger partial charge in [0, 0.05) is 31.7 Å². The molecule has 0 aliphatic rings. The molecular formula is C24H35IN4O2. The number of nitrogens with zero attached hydrogens (tertiary/aromatic N) is 1. The van der Waals surface area contributed by atoms with Gasteiger partial charge >= 0.3 is 0 Å². The summed E-state index contributed by atoms with van der Waals surface area (Å²) in [6.45, 7) is 7.36. The Morgan fingerprint density at radius 2 is 1.90 bits per heavy atom. The second-order valence-electron chi connectivity index (χ2n) is 7.41. The first-order valence-corrected chi connectivity index (χ1v) is 10.4. The lowest BCUT2D eigenvalue weighted by molar-refractivity contribution is -0.119. The first-order chi connectivity index (χ1) is 14.5. The van der Waals surface area contributed by atoms with Crippen LogP contribution >= 0.6 is 24.0 Å². The molecule has 0 aromatic heterocycles. The molecule has 0 aliphatic heterocycles. The number of benzene rings is 2. The first-order valence-electron chi connectivity index (χ1n) is 10.4. The molecule has 2 aromatic rings. The van der Waals surface area contributed by atoms with Gasteiger partial charge in [0.1, 0.15) is 5.75 Å². The quantitative estimate of drug-likeness (QED) is 0.250. The number of hydrogen-bond acceptors (Lipinski definition) is 3. The second kappa shape index (κ2) is 13.9. The topological polar surface area (TPSA) is 74.8 Å². The molecule has 7 heteroatoms. The van der Waals surface area contributed by atoms with Crippen LogP contribution in [-0.2, 0) is 17.8 Å². The van der Waals surface area contributed by atoms with Crippen molar-refractivity contribution in [1.29, 1.82) is 0 Å². The predicted molar refractivity (Wildman–Crippen MR) is 140 cm³/mol. The molecule has 3 N–H and O–H groups in total. The summed E-state index contributed by atoms with van der Waals surface area (Å²) in [4.78, 5) is 16.4. The molecule has 170 valence electrons. The number of anilines is 1. The van der Waals surface area contributed by atoms with Gasteiger partial charge in [0.15, 0.2) is 5.96 Å². The van der Waals surface area contributed by atoms with Crippen LogP contribution in [0.1, 0.15) is 37.0 Å². The van der Waals surface area contributed by atoms with Gasteiger partial charge in [0.05, 0.1) is 7.11 Å². The van der Waals surface area contributed by atoms with Gasteiger partial charge in [-0.25, -0.2) is 0 Å². The van der Waals surface area contributed by atoms with E-state index in [0.717, 1.165) is 47.9 Å². The molecule has 0 bridgehead atoms. The number of halogens is 1. The van der Waals surface area contributed by atoms with Crippen molar-refractivity contribution in [3.8, 4) is 5.75 Å². The molecule has 0 saturated carbocycles. The molecule has 1 unspecified atom stereocenters. The maximum atomic E-state index is 12.1. The van der Waals surface area contributed by atoms with Gasteiger partial charge in [0.25, 0.3) is 0 Å². The summed E-state index contributed by atoms with van der Waals surface area (Å²) in [6, 6.07) is 14.1. The molecule has 2 rings (SSSR count). The number of amides is 1. The number of aliphatic imine (C=N–C) groups is 1. The number of nitrogens with one attached hydrogen (secondary N) is 3. The van der Waals surface area contributed by atoms with Gasteiger partial charge < -0.3 is 20.7 Å². The average molecular weight is 538 g/mol. The van der Waals surface area contributed by atoms with Gasteiger partial charge in [-0.15, -0.1) is 24.0 Å². The second-order valence-corrected chi connectivity index (χ2v) is 7.41. The summed E-state index contributed by atoms with van der Waals surface area (Å²) < 4.78 is 5.39. The van der Waals surface area contributed by atoms with Crippen LogP contribution in [-0.4, -0.2) is 32.6 Å². The minimum atomic E-state index is 0. The van der Waals surface area contributed by atoms with Crippen molar-refractivity contribution >= 4 is 41.5 Å². The Kier molecular flexibility index (Phi) is 12.0. The number of hydrogen-bond donors (Lipinski definition) is 3. The fourth-order valence-electron chi connectivity index (χ4n) is 2.96. The van der Waals surface area contributed by atoms with E-state index in [-0.39, 0.29) is 35.8 Å². The van der Waals surface area contributed by atoms with Crippen molar-refractivity contribution in [2.75, 3.05) is 26.0 Å². The van der Waals surface area contributed by atoms with E-state index in [2.05, 4.69) is 39.1 Å². The van der Waals surface area contributed by atoms with E-state index in [9.17, 15) is 4.79 Å². The predicted octanol–water partition coefficient (Wildman–Crippen LogP) is 4.51. The van der Waals surface area contributed by atoms with Crippen molar-refractivity contribution in [1.82, 2.24) is 10.6 Å². The van der Waals surface area contributed by atoms with E-state index < -0.39 is 0 Å². The van der Waals surface area contributed by atoms with E-state index in [1.54, 1.807) is 14.2 Å². The minimum Gasteiger partial charge on any atom is -0.496 e. The van der Waals surface area contributed by atoms with E-state index in [4.69, 9.17) is 4.74 Å². The van der Waals surface area contributed by atoms with Gasteiger partial charge in [-0.1, -0.05) is 38.1 Å². The van der Waals surface area contributed by atoms with Crippen LogP contribution in [0, 0.1) is 12.8 Å². The zero-order valence-electron chi connectivity index (χ0n) is 19.1. The van der Waals surface area contributed by atoms with Gasteiger partial charge in [0.2, 0.25) is 5.91 Å². The zero-order valence-corrected chi connectivity index (χ0v) is 21.4. The van der Waals surface area contributed by atoms with Gasteiger partial charge in [-0.3, -0.25) is 9.79 Å². The Bertz CT molecular complexity index is 870. The van der Waals surface area contributed by atoms with Gasteiger partial charge in [-0.2, -0.15) is 0 Å². The number of aryl methyl sites for hydroxylation is 1. The van der Waals surface area contributed by atoms with Crippen molar-refractivity contribution in [2.24, 2.45) is 10.9 Å². The smallest absolute Gasteiger partial charge is 0.227 e. The maximum absolute atomic E-state index is 12.1. The van der Waals surface area contributed by atoms with Crippen LogP contribution in [0.3, 0.4) is 0 Å². The molecule has 1 amide bonds. The monoisotopic (exact) mass is 538 g/mol. The Morgan fingerprint density at radius 3 is 2.58 bits per heavy atom. The SMILES string of the molecule is CCC(C)C(=O)Nc1cccc(CNC(=NC)NCCc2ccc(C)c(OC)c2)c1.I. The molecule has 0 radical (unpaired) electrons. The molecule has 0 heterocycles. The molecule has 2 aromatic carbocycles. The fourth-order valence-corrected chi connectivity index (χ4v) is 2.96. The number of ether oxygens (including phenoxy) is 1. The standard InChI is InChI=1S/C24H34N4O2.HI/c1-6-17(2)23(29)28-21-9-7-8-20(14-21)16-27-24(25-4)26-13-12-19-11-10-18(3)22(15-19)30-5;/h7-11,14-15,17H,6,12-13,16H2,1-5H3,(H,28,29)(H2,25,26,27);1H. The third kappa shape index (κ3) is 8.77. The highest BCUT2D eigenvalue weighted by molar-refractivity contribution is 14.0. The van der Waals surface area contributed by atoms with Crippen molar-refractivity contribution in [3.05, 3.63) is 59.2 Å². The van der Waals surface area contributed by atoms with Crippen LogP contribution in [0.15, 0.2) is 47.5 Å². The summed E-state index contributed by atoms with van der Waals surface area (Å²) in [5.74, 6) is 1.70. The molecule has 31 heavy (non-hydrogen) atoms. The lowest BCUT2D eigenvalue weighted by Gasteiger charge is -2.14.